The summed E-state index contributed by atoms with van der Waals surface area (Å²) in [6, 6.07) is 12.4. The highest BCUT2D eigenvalue weighted by Gasteiger charge is 2.13. The van der Waals surface area contributed by atoms with E-state index < -0.39 is 5.91 Å². The normalized spacial score (nSPS) is 10.9. The zero-order valence-electron chi connectivity index (χ0n) is 16.8. The number of amides is 1. The number of esters is 1. The Morgan fingerprint density at radius 3 is 2.77 bits per heavy atom. The molecule has 0 aliphatic carbocycles. The van der Waals surface area contributed by atoms with E-state index >= 15 is 0 Å². The molecule has 30 heavy (non-hydrogen) atoms. The van der Waals surface area contributed by atoms with E-state index in [0.717, 1.165) is 22.6 Å². The first-order valence-corrected chi connectivity index (χ1v) is 9.70. The maximum absolute atomic E-state index is 12.2. The Kier molecular flexibility index (Phi) is 6.64. The minimum atomic E-state index is -0.444. The van der Waals surface area contributed by atoms with Gasteiger partial charge in [0.1, 0.15) is 5.15 Å². The van der Waals surface area contributed by atoms with Crippen molar-refractivity contribution in [1.29, 1.82) is 0 Å². The van der Waals surface area contributed by atoms with Crippen molar-refractivity contribution >= 4 is 29.7 Å². The Labute approximate surface area is 179 Å². The zero-order chi connectivity index (χ0) is 21.7. The standard InChI is InChI=1S/C22H21ClN4O3/c1-4-30-22(29)16-7-5-8-18(12-16)27-14(2)11-17(15(27)3)13-25-26-21(28)19-9-6-10-24-20(19)23/h5-13H,4H2,1-3H3,(H,26,28). The van der Waals surface area contributed by atoms with Gasteiger partial charge in [-0.25, -0.2) is 15.2 Å². The second-order valence-corrected chi connectivity index (χ2v) is 6.83. The fourth-order valence-electron chi connectivity index (χ4n) is 3.08. The number of pyridine rings is 1. The van der Waals surface area contributed by atoms with Crippen molar-refractivity contribution in [2.45, 2.75) is 20.8 Å². The van der Waals surface area contributed by atoms with E-state index in [-0.39, 0.29) is 16.7 Å². The van der Waals surface area contributed by atoms with Crippen molar-refractivity contribution in [2.24, 2.45) is 5.10 Å². The van der Waals surface area contributed by atoms with Crippen LogP contribution >= 0.6 is 11.6 Å². The smallest absolute Gasteiger partial charge is 0.338 e. The van der Waals surface area contributed by atoms with Crippen LogP contribution in [0.2, 0.25) is 5.15 Å². The lowest BCUT2D eigenvalue weighted by molar-refractivity contribution is 0.0526. The third-order valence-corrected chi connectivity index (χ3v) is 4.76. The van der Waals surface area contributed by atoms with Crippen LogP contribution in [-0.2, 0) is 4.74 Å². The number of rotatable bonds is 6. The Hall–Kier alpha value is -3.45. The topological polar surface area (TPSA) is 85.6 Å². The van der Waals surface area contributed by atoms with Gasteiger partial charge in [0.2, 0.25) is 0 Å². The SMILES string of the molecule is CCOC(=O)c1cccc(-n2c(C)cc(C=NNC(=O)c3cccnc3Cl)c2C)c1. The van der Waals surface area contributed by atoms with Crippen LogP contribution < -0.4 is 5.43 Å². The third-order valence-electron chi connectivity index (χ3n) is 4.46. The van der Waals surface area contributed by atoms with Gasteiger partial charge in [0, 0.05) is 28.8 Å². The van der Waals surface area contributed by atoms with Crippen molar-refractivity contribution < 1.29 is 14.3 Å². The van der Waals surface area contributed by atoms with Crippen LogP contribution in [0.15, 0.2) is 53.8 Å². The van der Waals surface area contributed by atoms with Crippen molar-refractivity contribution in [1.82, 2.24) is 15.0 Å². The molecule has 0 atom stereocenters. The Balaban J connectivity index is 1.82. The van der Waals surface area contributed by atoms with Crippen LogP contribution in [0, 0.1) is 13.8 Å². The fourth-order valence-corrected chi connectivity index (χ4v) is 3.28. The number of halogens is 1. The second-order valence-electron chi connectivity index (χ2n) is 6.47. The van der Waals surface area contributed by atoms with Crippen molar-refractivity contribution in [2.75, 3.05) is 6.61 Å². The molecule has 1 amide bonds. The predicted octanol–water partition coefficient (Wildman–Crippen LogP) is 4.08. The van der Waals surface area contributed by atoms with E-state index in [1.165, 1.54) is 6.20 Å². The first-order valence-electron chi connectivity index (χ1n) is 9.32. The Morgan fingerprint density at radius 1 is 1.23 bits per heavy atom. The highest BCUT2D eigenvalue weighted by Crippen LogP contribution is 2.21. The minimum Gasteiger partial charge on any atom is -0.462 e. The number of hydrazone groups is 1. The highest BCUT2D eigenvalue weighted by molar-refractivity contribution is 6.32. The van der Waals surface area contributed by atoms with Crippen LogP contribution in [0.3, 0.4) is 0 Å². The summed E-state index contributed by atoms with van der Waals surface area (Å²) in [6.07, 6.45) is 3.07. The van der Waals surface area contributed by atoms with E-state index in [0.29, 0.717) is 12.2 Å². The monoisotopic (exact) mass is 424 g/mol. The van der Waals surface area contributed by atoms with E-state index in [1.807, 2.05) is 36.6 Å². The van der Waals surface area contributed by atoms with Crippen LogP contribution in [0.4, 0.5) is 0 Å². The quantitative estimate of drug-likeness (QED) is 0.279. The number of hydrogen-bond donors (Lipinski definition) is 1. The molecule has 0 fully saturated rings. The number of aryl methyl sites for hydroxylation is 1. The summed E-state index contributed by atoms with van der Waals surface area (Å²) >= 11 is 5.93. The lowest BCUT2D eigenvalue weighted by Crippen LogP contribution is -2.18. The minimum absolute atomic E-state index is 0.116. The molecule has 0 bridgehead atoms. The molecule has 0 aliphatic rings. The molecule has 3 aromatic rings. The highest BCUT2D eigenvalue weighted by atomic mass is 35.5. The first kappa shape index (κ1) is 21.3. The summed E-state index contributed by atoms with van der Waals surface area (Å²) in [5, 5.41) is 4.16. The van der Waals surface area contributed by atoms with Gasteiger partial charge in [0.25, 0.3) is 5.91 Å². The average Bonchev–Trinajstić information content (AvgIpc) is 3.01. The van der Waals surface area contributed by atoms with Crippen LogP contribution in [0.25, 0.3) is 5.69 Å². The number of aromatic nitrogens is 2. The molecule has 154 valence electrons. The number of nitrogens with zero attached hydrogens (tertiary/aromatic N) is 3. The van der Waals surface area contributed by atoms with Crippen LogP contribution in [0.5, 0.6) is 0 Å². The average molecular weight is 425 g/mol. The Morgan fingerprint density at radius 2 is 2.03 bits per heavy atom. The molecule has 0 saturated carbocycles. The van der Waals surface area contributed by atoms with E-state index in [9.17, 15) is 9.59 Å². The molecular formula is C22H21ClN4O3. The molecule has 0 spiro atoms. The van der Waals surface area contributed by atoms with Crippen LogP contribution in [-0.4, -0.2) is 34.2 Å². The molecular weight excluding hydrogens is 404 g/mol. The number of carbonyl (C=O) groups is 2. The maximum atomic E-state index is 12.2. The molecule has 0 radical (unpaired) electrons. The molecule has 1 N–H and O–H groups in total. The van der Waals surface area contributed by atoms with Crippen molar-refractivity contribution in [3.8, 4) is 5.69 Å². The molecule has 0 saturated heterocycles. The van der Waals surface area contributed by atoms with E-state index in [1.54, 1.807) is 37.4 Å². The summed E-state index contributed by atoms with van der Waals surface area (Å²) in [4.78, 5) is 28.1. The van der Waals surface area contributed by atoms with Gasteiger partial charge >= 0.3 is 5.97 Å². The van der Waals surface area contributed by atoms with Crippen molar-refractivity contribution in [3.63, 3.8) is 0 Å². The van der Waals surface area contributed by atoms with Gasteiger partial charge in [-0.15, -0.1) is 0 Å². The molecule has 2 aromatic heterocycles. The molecule has 0 unspecified atom stereocenters. The maximum Gasteiger partial charge on any atom is 0.338 e. The van der Waals surface area contributed by atoms with Gasteiger partial charge in [-0.05, 0) is 57.2 Å². The second kappa shape index (κ2) is 9.37. The lowest BCUT2D eigenvalue weighted by Gasteiger charge is -2.11. The molecule has 0 aliphatic heterocycles. The fraction of sp³-hybridized carbons (Fsp3) is 0.182. The molecule has 8 heteroatoms. The van der Waals surface area contributed by atoms with Crippen LogP contribution in [0.1, 0.15) is 44.6 Å². The number of nitrogens with one attached hydrogen (secondary N) is 1. The van der Waals surface area contributed by atoms with E-state index in [4.69, 9.17) is 16.3 Å². The number of ether oxygens (including phenoxy) is 1. The Bertz CT molecular complexity index is 1120. The first-order chi connectivity index (χ1) is 14.4. The summed E-state index contributed by atoms with van der Waals surface area (Å²) < 4.78 is 7.09. The third kappa shape index (κ3) is 4.58. The van der Waals surface area contributed by atoms with Gasteiger partial charge in [0.15, 0.2) is 0 Å². The molecule has 1 aromatic carbocycles. The van der Waals surface area contributed by atoms with Gasteiger partial charge < -0.3 is 9.30 Å². The molecule has 2 heterocycles. The summed E-state index contributed by atoms with van der Waals surface area (Å²) in [6.45, 7) is 5.98. The van der Waals surface area contributed by atoms with E-state index in [2.05, 4.69) is 15.5 Å². The molecule has 3 rings (SSSR count). The largest absolute Gasteiger partial charge is 0.462 e. The number of carbonyl (C=O) groups excluding carboxylic acids is 2. The van der Waals surface area contributed by atoms with Gasteiger partial charge in [-0.1, -0.05) is 17.7 Å². The summed E-state index contributed by atoms with van der Waals surface area (Å²) in [7, 11) is 0. The number of benzene rings is 1. The van der Waals surface area contributed by atoms with Gasteiger partial charge in [0.05, 0.1) is 23.9 Å². The van der Waals surface area contributed by atoms with Crippen molar-refractivity contribution in [3.05, 3.63) is 81.9 Å². The lowest BCUT2D eigenvalue weighted by atomic mass is 10.2. The predicted molar refractivity (Wildman–Crippen MR) is 116 cm³/mol. The summed E-state index contributed by atoms with van der Waals surface area (Å²) in [5.74, 6) is -0.805. The zero-order valence-corrected chi connectivity index (χ0v) is 17.6. The number of hydrogen-bond acceptors (Lipinski definition) is 5. The van der Waals surface area contributed by atoms with Gasteiger partial charge in [-0.3, -0.25) is 4.79 Å². The van der Waals surface area contributed by atoms with Gasteiger partial charge in [-0.2, -0.15) is 5.10 Å². The molecule has 7 nitrogen and oxygen atoms in total. The summed E-state index contributed by atoms with van der Waals surface area (Å²) in [5.41, 5.74) is 6.71.